The van der Waals surface area contributed by atoms with Crippen LogP contribution in [0.15, 0.2) is 22.7 Å². The van der Waals surface area contributed by atoms with Crippen molar-refractivity contribution in [1.82, 2.24) is 5.32 Å². The number of anilines is 1. The average Bonchev–Trinajstić information content (AvgIpc) is 2.37. The third-order valence-corrected chi connectivity index (χ3v) is 3.30. The maximum absolute atomic E-state index is 11.8. The fourth-order valence-electron chi connectivity index (χ4n) is 1.62. The average molecular weight is 329 g/mol. The van der Waals surface area contributed by atoms with Crippen molar-refractivity contribution < 1.29 is 9.90 Å². The van der Waals surface area contributed by atoms with Crippen LogP contribution in [0.25, 0.3) is 0 Å². The van der Waals surface area contributed by atoms with E-state index in [9.17, 15) is 4.79 Å². The van der Waals surface area contributed by atoms with E-state index in [0.29, 0.717) is 12.5 Å². The maximum Gasteiger partial charge on any atom is 0.319 e. The van der Waals surface area contributed by atoms with Crippen LogP contribution >= 0.6 is 15.9 Å². The molecule has 5 heteroatoms. The zero-order valence-corrected chi connectivity index (χ0v) is 13.1. The molecular weight excluding hydrogens is 308 g/mol. The summed E-state index contributed by atoms with van der Waals surface area (Å²) >= 11 is 3.43. The summed E-state index contributed by atoms with van der Waals surface area (Å²) in [5.74, 6) is 0.379. The molecule has 0 heterocycles. The SMILES string of the molecule is CC(CO)CNC(=O)Nc1ccc(Br)cc1C(C)C. The molecule has 0 aliphatic rings. The summed E-state index contributed by atoms with van der Waals surface area (Å²) in [4.78, 5) is 11.8. The van der Waals surface area contributed by atoms with E-state index >= 15 is 0 Å². The van der Waals surface area contributed by atoms with E-state index in [1.807, 2.05) is 25.1 Å². The van der Waals surface area contributed by atoms with Crippen LogP contribution in [0.3, 0.4) is 0 Å². The van der Waals surface area contributed by atoms with Crippen LogP contribution in [-0.4, -0.2) is 24.3 Å². The van der Waals surface area contributed by atoms with E-state index in [1.54, 1.807) is 0 Å². The number of aliphatic hydroxyl groups excluding tert-OH is 1. The molecule has 0 saturated carbocycles. The molecule has 19 heavy (non-hydrogen) atoms. The second-order valence-electron chi connectivity index (χ2n) is 5.01. The molecule has 106 valence electrons. The molecule has 3 N–H and O–H groups in total. The Balaban J connectivity index is 2.68. The van der Waals surface area contributed by atoms with Gasteiger partial charge in [-0.2, -0.15) is 0 Å². The summed E-state index contributed by atoms with van der Waals surface area (Å²) in [6.45, 7) is 6.56. The minimum atomic E-state index is -0.246. The van der Waals surface area contributed by atoms with E-state index < -0.39 is 0 Å². The van der Waals surface area contributed by atoms with Gasteiger partial charge in [0.15, 0.2) is 0 Å². The Morgan fingerprint density at radius 1 is 1.37 bits per heavy atom. The lowest BCUT2D eigenvalue weighted by atomic mass is 10.0. The van der Waals surface area contributed by atoms with Crippen LogP contribution in [-0.2, 0) is 0 Å². The highest BCUT2D eigenvalue weighted by Crippen LogP contribution is 2.27. The zero-order valence-electron chi connectivity index (χ0n) is 11.5. The molecule has 0 aliphatic carbocycles. The van der Waals surface area contributed by atoms with Gasteiger partial charge in [-0.25, -0.2) is 4.79 Å². The van der Waals surface area contributed by atoms with Crippen LogP contribution in [0.5, 0.6) is 0 Å². The topological polar surface area (TPSA) is 61.4 Å². The summed E-state index contributed by atoms with van der Waals surface area (Å²) in [6.07, 6.45) is 0. The number of carbonyl (C=O) groups is 1. The van der Waals surface area contributed by atoms with Crippen molar-refractivity contribution in [3.05, 3.63) is 28.2 Å². The maximum atomic E-state index is 11.8. The molecule has 1 rings (SSSR count). The molecule has 1 unspecified atom stereocenters. The van der Waals surface area contributed by atoms with Crippen molar-refractivity contribution >= 4 is 27.6 Å². The summed E-state index contributed by atoms with van der Waals surface area (Å²) in [6, 6.07) is 5.55. The highest BCUT2D eigenvalue weighted by Gasteiger charge is 2.10. The number of urea groups is 1. The summed E-state index contributed by atoms with van der Waals surface area (Å²) < 4.78 is 0.996. The van der Waals surface area contributed by atoms with Gasteiger partial charge in [-0.1, -0.05) is 36.7 Å². The molecule has 0 aliphatic heterocycles. The van der Waals surface area contributed by atoms with Gasteiger partial charge in [-0.05, 0) is 35.6 Å². The van der Waals surface area contributed by atoms with Crippen molar-refractivity contribution in [2.45, 2.75) is 26.7 Å². The molecule has 0 aromatic heterocycles. The Morgan fingerprint density at radius 2 is 2.05 bits per heavy atom. The molecule has 1 atom stereocenters. The predicted octanol–water partition coefficient (Wildman–Crippen LogP) is 3.32. The van der Waals surface area contributed by atoms with Crippen molar-refractivity contribution in [2.24, 2.45) is 5.92 Å². The lowest BCUT2D eigenvalue weighted by molar-refractivity contribution is 0.227. The standard InChI is InChI=1S/C14H21BrN2O2/c1-9(2)12-6-11(15)4-5-13(12)17-14(19)16-7-10(3)8-18/h4-6,9-10,18H,7-8H2,1-3H3,(H2,16,17,19). The van der Waals surface area contributed by atoms with E-state index in [0.717, 1.165) is 15.7 Å². The largest absolute Gasteiger partial charge is 0.396 e. The Bertz CT molecular complexity index is 435. The molecule has 4 nitrogen and oxygen atoms in total. The second kappa shape index (κ2) is 7.50. The van der Waals surface area contributed by atoms with Crippen molar-refractivity contribution in [2.75, 3.05) is 18.5 Å². The van der Waals surface area contributed by atoms with Gasteiger partial charge in [-0.3, -0.25) is 0 Å². The quantitative estimate of drug-likeness (QED) is 0.776. The molecular formula is C14H21BrN2O2. The third-order valence-electron chi connectivity index (χ3n) is 2.81. The van der Waals surface area contributed by atoms with E-state index in [-0.39, 0.29) is 18.6 Å². The lowest BCUT2D eigenvalue weighted by Crippen LogP contribution is -2.33. The van der Waals surface area contributed by atoms with E-state index in [1.165, 1.54) is 0 Å². The fourth-order valence-corrected chi connectivity index (χ4v) is 2.00. The molecule has 0 fully saturated rings. The van der Waals surface area contributed by atoms with Gasteiger partial charge in [0.25, 0.3) is 0 Å². The molecule has 0 bridgehead atoms. The summed E-state index contributed by atoms with van der Waals surface area (Å²) in [5, 5.41) is 14.5. The van der Waals surface area contributed by atoms with Crippen molar-refractivity contribution in [3.63, 3.8) is 0 Å². The number of benzene rings is 1. The molecule has 0 spiro atoms. The first-order chi connectivity index (χ1) is 8.93. The van der Waals surface area contributed by atoms with E-state index in [4.69, 9.17) is 5.11 Å². The first kappa shape index (κ1) is 16.0. The van der Waals surface area contributed by atoms with Crippen LogP contribution in [0.4, 0.5) is 10.5 Å². The monoisotopic (exact) mass is 328 g/mol. The van der Waals surface area contributed by atoms with Gasteiger partial charge in [-0.15, -0.1) is 0 Å². The predicted molar refractivity (Wildman–Crippen MR) is 81.5 cm³/mol. The number of halogens is 1. The van der Waals surface area contributed by atoms with Gasteiger partial charge in [0.05, 0.1) is 0 Å². The van der Waals surface area contributed by atoms with Gasteiger partial charge < -0.3 is 15.7 Å². The number of nitrogens with one attached hydrogen (secondary N) is 2. The van der Waals surface area contributed by atoms with Gasteiger partial charge in [0, 0.05) is 23.3 Å². The number of hydrogen-bond donors (Lipinski definition) is 3. The van der Waals surface area contributed by atoms with Crippen LogP contribution < -0.4 is 10.6 Å². The van der Waals surface area contributed by atoms with Gasteiger partial charge >= 0.3 is 6.03 Å². The first-order valence-electron chi connectivity index (χ1n) is 6.39. The molecule has 2 amide bonds. The van der Waals surface area contributed by atoms with Crippen LogP contribution in [0.1, 0.15) is 32.3 Å². The van der Waals surface area contributed by atoms with Crippen LogP contribution in [0, 0.1) is 5.92 Å². The second-order valence-corrected chi connectivity index (χ2v) is 5.92. The lowest BCUT2D eigenvalue weighted by Gasteiger charge is -2.16. The number of rotatable bonds is 5. The first-order valence-corrected chi connectivity index (χ1v) is 7.18. The Labute approximate surface area is 122 Å². The van der Waals surface area contributed by atoms with Crippen LogP contribution in [0.2, 0.25) is 0 Å². The third kappa shape index (κ3) is 5.20. The van der Waals surface area contributed by atoms with Crippen molar-refractivity contribution in [3.8, 4) is 0 Å². The summed E-state index contributed by atoms with van der Waals surface area (Å²) in [5.41, 5.74) is 1.90. The number of amides is 2. The minimum Gasteiger partial charge on any atom is -0.396 e. The number of carbonyl (C=O) groups excluding carboxylic acids is 1. The molecule has 1 aromatic rings. The minimum absolute atomic E-state index is 0.0558. The fraction of sp³-hybridized carbons (Fsp3) is 0.500. The highest BCUT2D eigenvalue weighted by molar-refractivity contribution is 9.10. The smallest absolute Gasteiger partial charge is 0.319 e. The summed E-state index contributed by atoms with van der Waals surface area (Å²) in [7, 11) is 0. The Kier molecular flexibility index (Phi) is 6.31. The molecule has 0 radical (unpaired) electrons. The normalized spacial score (nSPS) is 12.3. The molecule has 1 aromatic carbocycles. The van der Waals surface area contributed by atoms with Gasteiger partial charge in [0.1, 0.15) is 0 Å². The Hall–Kier alpha value is -1.07. The van der Waals surface area contributed by atoms with Crippen molar-refractivity contribution in [1.29, 1.82) is 0 Å². The van der Waals surface area contributed by atoms with Gasteiger partial charge in [0.2, 0.25) is 0 Å². The number of aliphatic hydroxyl groups is 1. The molecule has 0 saturated heterocycles. The zero-order chi connectivity index (χ0) is 14.4. The highest BCUT2D eigenvalue weighted by atomic mass is 79.9. The Morgan fingerprint density at radius 3 is 2.63 bits per heavy atom. The number of hydrogen-bond acceptors (Lipinski definition) is 2. The van der Waals surface area contributed by atoms with E-state index in [2.05, 4.69) is 40.4 Å².